The molecule has 110 valence electrons. The molecular formula is C14H19NO4S. The molecule has 0 spiro atoms. The summed E-state index contributed by atoms with van der Waals surface area (Å²) in [6, 6.07) is 3.82. The van der Waals surface area contributed by atoms with Crippen molar-refractivity contribution >= 4 is 23.4 Å². The van der Waals surface area contributed by atoms with Crippen LogP contribution in [0.15, 0.2) is 17.5 Å². The van der Waals surface area contributed by atoms with Crippen LogP contribution in [-0.2, 0) is 9.53 Å². The fourth-order valence-corrected chi connectivity index (χ4v) is 3.21. The molecule has 0 aromatic carbocycles. The zero-order valence-electron chi connectivity index (χ0n) is 11.8. The molecule has 0 unspecified atom stereocenters. The van der Waals surface area contributed by atoms with E-state index in [1.54, 1.807) is 20.8 Å². The summed E-state index contributed by atoms with van der Waals surface area (Å²) in [7, 11) is 0. The number of nitrogens with zero attached hydrogens (tertiary/aromatic N) is 1. The molecule has 1 fully saturated rings. The van der Waals surface area contributed by atoms with Crippen LogP contribution < -0.4 is 0 Å². The van der Waals surface area contributed by atoms with Gasteiger partial charge < -0.3 is 14.7 Å². The molecule has 0 saturated carbocycles. The molecule has 1 aromatic heterocycles. The Hall–Kier alpha value is -1.56. The lowest BCUT2D eigenvalue weighted by Crippen LogP contribution is -2.35. The minimum Gasteiger partial charge on any atom is -0.481 e. The van der Waals surface area contributed by atoms with Crippen LogP contribution in [0.1, 0.15) is 31.6 Å². The van der Waals surface area contributed by atoms with Gasteiger partial charge in [-0.15, -0.1) is 11.3 Å². The lowest BCUT2D eigenvalue weighted by Gasteiger charge is -2.24. The molecule has 0 radical (unpaired) electrons. The van der Waals surface area contributed by atoms with Crippen LogP contribution in [0, 0.1) is 5.92 Å². The van der Waals surface area contributed by atoms with Crippen LogP contribution in [-0.4, -0.2) is 40.8 Å². The van der Waals surface area contributed by atoms with Gasteiger partial charge in [-0.25, -0.2) is 4.79 Å². The van der Waals surface area contributed by atoms with Gasteiger partial charge in [-0.05, 0) is 32.2 Å². The summed E-state index contributed by atoms with van der Waals surface area (Å²) in [6.45, 7) is 5.99. The van der Waals surface area contributed by atoms with Gasteiger partial charge in [0.05, 0.1) is 5.92 Å². The number of ether oxygens (including phenoxy) is 1. The third-order valence-corrected chi connectivity index (χ3v) is 4.20. The Morgan fingerprint density at radius 3 is 2.60 bits per heavy atom. The van der Waals surface area contributed by atoms with Crippen molar-refractivity contribution in [1.29, 1.82) is 0 Å². The maximum absolute atomic E-state index is 12.1. The van der Waals surface area contributed by atoms with Crippen LogP contribution in [0.2, 0.25) is 0 Å². The number of carbonyl (C=O) groups excluding carboxylic acids is 1. The lowest BCUT2D eigenvalue weighted by molar-refractivity contribution is -0.141. The molecule has 2 rings (SSSR count). The number of aliphatic carboxylic acids is 1. The second-order valence-electron chi connectivity index (χ2n) is 5.95. The number of rotatable bonds is 2. The van der Waals surface area contributed by atoms with Crippen LogP contribution >= 0.6 is 11.3 Å². The summed E-state index contributed by atoms with van der Waals surface area (Å²) in [5.41, 5.74) is -0.573. The largest absolute Gasteiger partial charge is 0.481 e. The molecule has 1 aliphatic rings. The number of hydrogen-bond donors (Lipinski definition) is 1. The summed E-state index contributed by atoms with van der Waals surface area (Å²) in [5.74, 6) is -1.59. The average Bonchev–Trinajstić information content (AvgIpc) is 2.95. The van der Waals surface area contributed by atoms with Gasteiger partial charge in [0.25, 0.3) is 0 Å². The molecule has 1 aliphatic heterocycles. The van der Waals surface area contributed by atoms with Gasteiger partial charge >= 0.3 is 12.1 Å². The Morgan fingerprint density at radius 1 is 1.40 bits per heavy atom. The molecule has 0 bridgehead atoms. The van der Waals surface area contributed by atoms with Crippen molar-refractivity contribution in [2.24, 2.45) is 5.92 Å². The van der Waals surface area contributed by atoms with E-state index in [2.05, 4.69) is 0 Å². The van der Waals surface area contributed by atoms with Crippen molar-refractivity contribution in [3.05, 3.63) is 22.4 Å². The van der Waals surface area contributed by atoms with E-state index in [1.807, 2.05) is 17.5 Å². The van der Waals surface area contributed by atoms with Gasteiger partial charge in [-0.3, -0.25) is 4.79 Å². The smallest absolute Gasteiger partial charge is 0.410 e. The molecule has 5 nitrogen and oxygen atoms in total. The highest BCUT2D eigenvalue weighted by Gasteiger charge is 2.42. The van der Waals surface area contributed by atoms with E-state index in [9.17, 15) is 14.7 Å². The summed E-state index contributed by atoms with van der Waals surface area (Å²) in [5, 5.41) is 11.3. The quantitative estimate of drug-likeness (QED) is 0.911. The standard InChI is InChI=1S/C14H19NO4S/c1-14(2,3)19-13(18)15-7-9(10(8-15)12(16)17)11-5-4-6-20-11/h4-6,9-10H,7-8H2,1-3H3,(H,16,17)/t9-,10-/m0/s1. The number of thiophene rings is 1. The van der Waals surface area contributed by atoms with E-state index in [-0.39, 0.29) is 12.5 Å². The van der Waals surface area contributed by atoms with Crippen molar-refractivity contribution < 1.29 is 19.4 Å². The topological polar surface area (TPSA) is 66.8 Å². The second kappa shape index (κ2) is 5.44. The number of hydrogen-bond acceptors (Lipinski definition) is 4. The highest BCUT2D eigenvalue weighted by Crippen LogP contribution is 2.35. The Labute approximate surface area is 122 Å². The molecule has 1 amide bonds. The SMILES string of the molecule is CC(C)(C)OC(=O)N1C[C@H](C(=O)O)[C@@H](c2cccs2)C1. The summed E-state index contributed by atoms with van der Waals surface area (Å²) in [6.07, 6.45) is -0.442. The molecule has 20 heavy (non-hydrogen) atoms. The molecule has 1 saturated heterocycles. The third-order valence-electron chi connectivity index (χ3n) is 3.20. The first-order valence-corrected chi connectivity index (χ1v) is 7.40. The predicted octanol–water partition coefficient (Wildman–Crippen LogP) is 2.78. The van der Waals surface area contributed by atoms with Crippen LogP contribution in [0.25, 0.3) is 0 Å². The average molecular weight is 297 g/mol. The highest BCUT2D eigenvalue weighted by atomic mass is 32.1. The van der Waals surface area contributed by atoms with Crippen molar-refractivity contribution in [2.75, 3.05) is 13.1 Å². The maximum Gasteiger partial charge on any atom is 0.410 e. The first-order chi connectivity index (χ1) is 9.28. The van der Waals surface area contributed by atoms with Gasteiger partial charge in [0, 0.05) is 23.9 Å². The Balaban J connectivity index is 2.12. The Kier molecular flexibility index (Phi) is 4.04. The zero-order valence-corrected chi connectivity index (χ0v) is 12.6. The van der Waals surface area contributed by atoms with E-state index in [0.29, 0.717) is 6.54 Å². The van der Waals surface area contributed by atoms with Crippen molar-refractivity contribution in [1.82, 2.24) is 4.90 Å². The monoisotopic (exact) mass is 297 g/mol. The highest BCUT2D eigenvalue weighted by molar-refractivity contribution is 7.10. The first-order valence-electron chi connectivity index (χ1n) is 6.52. The van der Waals surface area contributed by atoms with E-state index in [1.165, 1.54) is 16.2 Å². The fraction of sp³-hybridized carbons (Fsp3) is 0.571. The fourth-order valence-electron chi connectivity index (χ4n) is 2.32. The van der Waals surface area contributed by atoms with Crippen LogP contribution in [0.4, 0.5) is 4.79 Å². The summed E-state index contributed by atoms with van der Waals surface area (Å²) in [4.78, 5) is 25.9. The summed E-state index contributed by atoms with van der Waals surface area (Å²) < 4.78 is 5.31. The van der Waals surface area contributed by atoms with Gasteiger partial charge in [0.1, 0.15) is 5.60 Å². The van der Waals surface area contributed by atoms with Gasteiger partial charge in [0.15, 0.2) is 0 Å². The Bertz CT molecular complexity index is 492. The Morgan fingerprint density at radius 2 is 2.10 bits per heavy atom. The van der Waals surface area contributed by atoms with E-state index < -0.39 is 23.6 Å². The van der Waals surface area contributed by atoms with Crippen LogP contribution in [0.5, 0.6) is 0 Å². The number of carboxylic acids is 1. The van der Waals surface area contributed by atoms with E-state index in [0.717, 1.165) is 4.88 Å². The van der Waals surface area contributed by atoms with Gasteiger partial charge in [-0.2, -0.15) is 0 Å². The number of carboxylic acid groups (broad SMARTS) is 1. The molecule has 6 heteroatoms. The third kappa shape index (κ3) is 3.30. The predicted molar refractivity (Wildman–Crippen MR) is 76.0 cm³/mol. The van der Waals surface area contributed by atoms with Gasteiger partial charge in [0.2, 0.25) is 0 Å². The van der Waals surface area contributed by atoms with Gasteiger partial charge in [-0.1, -0.05) is 6.07 Å². The van der Waals surface area contributed by atoms with E-state index >= 15 is 0 Å². The minimum atomic E-state index is -0.866. The van der Waals surface area contributed by atoms with Crippen molar-refractivity contribution in [3.8, 4) is 0 Å². The van der Waals surface area contributed by atoms with Crippen molar-refractivity contribution in [2.45, 2.75) is 32.3 Å². The molecule has 1 aromatic rings. The molecule has 1 N–H and O–H groups in total. The molecule has 0 aliphatic carbocycles. The number of likely N-dealkylation sites (tertiary alicyclic amines) is 1. The summed E-state index contributed by atoms with van der Waals surface area (Å²) >= 11 is 1.53. The second-order valence-corrected chi connectivity index (χ2v) is 6.93. The molecule has 2 atom stereocenters. The zero-order chi connectivity index (χ0) is 14.9. The first kappa shape index (κ1) is 14.8. The lowest BCUT2D eigenvalue weighted by atomic mass is 9.95. The molecular weight excluding hydrogens is 278 g/mol. The van der Waals surface area contributed by atoms with Crippen molar-refractivity contribution in [3.63, 3.8) is 0 Å². The number of carbonyl (C=O) groups is 2. The van der Waals surface area contributed by atoms with E-state index in [4.69, 9.17) is 4.74 Å². The maximum atomic E-state index is 12.1. The normalized spacial score (nSPS) is 22.9. The van der Waals surface area contributed by atoms with Crippen LogP contribution in [0.3, 0.4) is 0 Å². The molecule has 2 heterocycles. The number of amides is 1. The minimum absolute atomic E-state index is 0.153.